The van der Waals surface area contributed by atoms with Gasteiger partial charge in [-0.2, -0.15) is 0 Å². The normalized spacial score (nSPS) is 27.4. The zero-order valence-corrected chi connectivity index (χ0v) is 12.4. The SMILES string of the molecule is CC(C)C1(CNS(=O)(=O)CC2CCCNC2)CC1. The summed E-state index contributed by atoms with van der Waals surface area (Å²) in [5.74, 6) is 1.13. The van der Waals surface area contributed by atoms with Crippen molar-refractivity contribution in [3.63, 3.8) is 0 Å². The van der Waals surface area contributed by atoms with Gasteiger partial charge in [0.25, 0.3) is 0 Å². The van der Waals surface area contributed by atoms with Crippen molar-refractivity contribution in [2.75, 3.05) is 25.4 Å². The van der Waals surface area contributed by atoms with Gasteiger partial charge in [0.2, 0.25) is 10.0 Å². The summed E-state index contributed by atoms with van der Waals surface area (Å²) in [6.07, 6.45) is 4.45. The molecule has 0 aromatic rings. The van der Waals surface area contributed by atoms with Crippen LogP contribution in [0.15, 0.2) is 0 Å². The van der Waals surface area contributed by atoms with E-state index in [1.165, 1.54) is 0 Å². The molecule has 1 heterocycles. The molecule has 1 saturated carbocycles. The summed E-state index contributed by atoms with van der Waals surface area (Å²) in [7, 11) is -3.10. The number of sulfonamides is 1. The number of hydrogen-bond donors (Lipinski definition) is 2. The Hall–Kier alpha value is -0.130. The smallest absolute Gasteiger partial charge is 0.211 e. The lowest BCUT2D eigenvalue weighted by Crippen LogP contribution is -2.39. The molecule has 2 rings (SSSR count). The van der Waals surface area contributed by atoms with Gasteiger partial charge in [-0.1, -0.05) is 13.8 Å². The van der Waals surface area contributed by atoms with Gasteiger partial charge in [0.05, 0.1) is 5.75 Å². The van der Waals surface area contributed by atoms with E-state index in [9.17, 15) is 8.42 Å². The Morgan fingerprint density at radius 1 is 1.39 bits per heavy atom. The van der Waals surface area contributed by atoms with Crippen molar-refractivity contribution >= 4 is 10.0 Å². The maximum atomic E-state index is 12.1. The molecule has 0 aromatic heterocycles. The second kappa shape index (κ2) is 5.47. The van der Waals surface area contributed by atoms with Crippen LogP contribution < -0.4 is 10.0 Å². The Balaban J connectivity index is 1.80. The van der Waals surface area contributed by atoms with E-state index >= 15 is 0 Å². The van der Waals surface area contributed by atoms with E-state index < -0.39 is 10.0 Å². The van der Waals surface area contributed by atoms with Crippen LogP contribution in [0.2, 0.25) is 0 Å². The minimum Gasteiger partial charge on any atom is -0.316 e. The van der Waals surface area contributed by atoms with Crippen LogP contribution in [0.1, 0.15) is 39.5 Å². The lowest BCUT2D eigenvalue weighted by molar-refractivity contribution is 0.355. The van der Waals surface area contributed by atoms with Crippen LogP contribution in [0.3, 0.4) is 0 Å². The highest BCUT2D eigenvalue weighted by molar-refractivity contribution is 7.89. The van der Waals surface area contributed by atoms with E-state index in [1.54, 1.807) is 0 Å². The highest BCUT2D eigenvalue weighted by Gasteiger charge is 2.45. The van der Waals surface area contributed by atoms with Gasteiger partial charge >= 0.3 is 0 Å². The van der Waals surface area contributed by atoms with Crippen molar-refractivity contribution in [1.82, 2.24) is 10.0 Å². The third-order valence-corrected chi connectivity index (χ3v) is 6.11. The van der Waals surface area contributed by atoms with Crippen molar-refractivity contribution in [3.8, 4) is 0 Å². The molecule has 1 aliphatic heterocycles. The molecule has 18 heavy (non-hydrogen) atoms. The first-order chi connectivity index (χ1) is 8.44. The number of hydrogen-bond acceptors (Lipinski definition) is 3. The van der Waals surface area contributed by atoms with Crippen molar-refractivity contribution in [2.24, 2.45) is 17.3 Å². The van der Waals surface area contributed by atoms with E-state index in [1.807, 2.05) is 0 Å². The second-order valence-electron chi connectivity index (χ2n) is 6.33. The minimum absolute atomic E-state index is 0.248. The molecule has 1 atom stereocenters. The molecule has 1 unspecified atom stereocenters. The standard InChI is InChI=1S/C13H26N2O2S/c1-11(2)13(5-6-13)10-15-18(16,17)9-12-4-3-7-14-8-12/h11-12,14-15H,3-10H2,1-2H3. The van der Waals surface area contributed by atoms with E-state index in [4.69, 9.17) is 0 Å². The molecule has 2 fully saturated rings. The van der Waals surface area contributed by atoms with Gasteiger partial charge < -0.3 is 5.32 Å². The van der Waals surface area contributed by atoms with Crippen LogP contribution >= 0.6 is 0 Å². The molecular formula is C13H26N2O2S. The monoisotopic (exact) mass is 274 g/mol. The van der Waals surface area contributed by atoms with Crippen LogP contribution in [0.25, 0.3) is 0 Å². The van der Waals surface area contributed by atoms with Gasteiger partial charge in [-0.05, 0) is 56.0 Å². The summed E-state index contributed by atoms with van der Waals surface area (Å²) in [5.41, 5.74) is 0.248. The summed E-state index contributed by atoms with van der Waals surface area (Å²) in [6.45, 7) is 6.88. The number of rotatable bonds is 6. The number of nitrogens with one attached hydrogen (secondary N) is 2. The van der Waals surface area contributed by atoms with E-state index in [0.717, 1.165) is 38.8 Å². The Morgan fingerprint density at radius 2 is 2.11 bits per heavy atom. The summed E-state index contributed by atoms with van der Waals surface area (Å²) >= 11 is 0. The summed E-state index contributed by atoms with van der Waals surface area (Å²) < 4.78 is 26.9. The van der Waals surface area contributed by atoms with Crippen LogP contribution in [-0.2, 0) is 10.0 Å². The Bertz CT molecular complexity index is 368. The number of piperidine rings is 1. The highest BCUT2D eigenvalue weighted by Crippen LogP contribution is 2.51. The van der Waals surface area contributed by atoms with Crippen LogP contribution in [0.4, 0.5) is 0 Å². The summed E-state index contributed by atoms with van der Waals surface area (Å²) in [5, 5.41) is 3.27. The van der Waals surface area contributed by atoms with Crippen LogP contribution in [-0.4, -0.2) is 33.8 Å². The molecule has 2 N–H and O–H groups in total. The predicted octanol–water partition coefficient (Wildman–Crippen LogP) is 1.34. The molecule has 106 valence electrons. The molecule has 0 aromatic carbocycles. The zero-order valence-electron chi connectivity index (χ0n) is 11.5. The molecule has 1 aliphatic carbocycles. The Kier molecular flexibility index (Phi) is 4.34. The van der Waals surface area contributed by atoms with Crippen molar-refractivity contribution < 1.29 is 8.42 Å². The molecule has 5 heteroatoms. The van der Waals surface area contributed by atoms with Gasteiger partial charge in [0, 0.05) is 6.54 Å². The fraction of sp³-hybridized carbons (Fsp3) is 1.00. The third-order valence-electron chi connectivity index (χ3n) is 4.62. The van der Waals surface area contributed by atoms with Gasteiger partial charge in [-0.25, -0.2) is 13.1 Å². The second-order valence-corrected chi connectivity index (χ2v) is 8.18. The Labute approximate surface area is 111 Å². The van der Waals surface area contributed by atoms with Crippen molar-refractivity contribution in [1.29, 1.82) is 0 Å². The quantitative estimate of drug-likeness (QED) is 0.768. The van der Waals surface area contributed by atoms with E-state index in [0.29, 0.717) is 12.5 Å². The van der Waals surface area contributed by atoms with Crippen LogP contribution in [0, 0.1) is 17.3 Å². The zero-order chi connectivity index (χ0) is 13.2. The largest absolute Gasteiger partial charge is 0.316 e. The average Bonchev–Trinajstić information content (AvgIpc) is 3.08. The maximum Gasteiger partial charge on any atom is 0.211 e. The fourth-order valence-corrected chi connectivity index (χ4v) is 4.34. The molecule has 2 aliphatic rings. The van der Waals surface area contributed by atoms with Gasteiger partial charge in [0.1, 0.15) is 0 Å². The predicted molar refractivity (Wildman–Crippen MR) is 73.9 cm³/mol. The van der Waals surface area contributed by atoms with Crippen molar-refractivity contribution in [3.05, 3.63) is 0 Å². The molecule has 4 nitrogen and oxygen atoms in total. The topological polar surface area (TPSA) is 58.2 Å². The summed E-state index contributed by atoms with van der Waals surface area (Å²) in [4.78, 5) is 0. The third kappa shape index (κ3) is 3.68. The lowest BCUT2D eigenvalue weighted by atomic mass is 9.93. The molecule has 1 saturated heterocycles. The van der Waals surface area contributed by atoms with Crippen molar-refractivity contribution in [2.45, 2.75) is 39.5 Å². The van der Waals surface area contributed by atoms with E-state index in [-0.39, 0.29) is 17.1 Å². The molecule has 0 radical (unpaired) electrons. The van der Waals surface area contributed by atoms with Crippen LogP contribution in [0.5, 0.6) is 0 Å². The first-order valence-corrected chi connectivity index (χ1v) is 8.77. The first kappa shape index (κ1) is 14.3. The Morgan fingerprint density at radius 3 is 2.61 bits per heavy atom. The first-order valence-electron chi connectivity index (χ1n) is 7.12. The van der Waals surface area contributed by atoms with Gasteiger partial charge in [-0.3, -0.25) is 0 Å². The fourth-order valence-electron chi connectivity index (χ4n) is 2.81. The molecule has 0 bridgehead atoms. The molecule has 0 spiro atoms. The van der Waals surface area contributed by atoms with E-state index in [2.05, 4.69) is 23.9 Å². The maximum absolute atomic E-state index is 12.1. The lowest BCUT2D eigenvalue weighted by Gasteiger charge is -2.24. The summed E-state index contributed by atoms with van der Waals surface area (Å²) in [6, 6.07) is 0. The minimum atomic E-state index is -3.10. The van der Waals surface area contributed by atoms with Gasteiger partial charge in [-0.15, -0.1) is 0 Å². The molecule has 0 amide bonds. The molecular weight excluding hydrogens is 248 g/mol. The highest BCUT2D eigenvalue weighted by atomic mass is 32.2. The average molecular weight is 274 g/mol. The van der Waals surface area contributed by atoms with Gasteiger partial charge in [0.15, 0.2) is 0 Å².